The van der Waals surface area contributed by atoms with E-state index in [1.807, 2.05) is 26.0 Å². The first kappa shape index (κ1) is 26.5. The second-order valence-corrected chi connectivity index (χ2v) is 7.45. The average Bonchev–Trinajstić information content (AvgIpc) is 3.26. The smallest absolute Gasteiger partial charge is 0.261 e. The molecule has 8 nitrogen and oxygen atoms in total. The van der Waals surface area contributed by atoms with Gasteiger partial charge in [0.05, 0.1) is 23.7 Å². The van der Waals surface area contributed by atoms with E-state index < -0.39 is 17.6 Å². The van der Waals surface area contributed by atoms with E-state index in [-0.39, 0.29) is 0 Å². The summed E-state index contributed by atoms with van der Waals surface area (Å²) in [5, 5.41) is 11.3. The second kappa shape index (κ2) is 11.5. The number of fused-ring (bicyclic) bond motifs is 1. The normalized spacial score (nSPS) is 10.8. The van der Waals surface area contributed by atoms with Crippen molar-refractivity contribution < 1.29 is 13.2 Å². The van der Waals surface area contributed by atoms with E-state index in [1.165, 1.54) is 16.8 Å². The SMILES string of the molecule is CC.Cc1ccc(C(F)(F)F)nc1.O=c1[nH]nc2c(-c3cnccn3)c(-c3ccc(Cl)cc3)cnn12. The molecular formula is C24H21ClF3N7O. The van der Waals surface area contributed by atoms with E-state index in [0.29, 0.717) is 21.9 Å². The van der Waals surface area contributed by atoms with Crippen molar-refractivity contribution in [2.75, 3.05) is 0 Å². The van der Waals surface area contributed by atoms with Gasteiger partial charge in [0.15, 0.2) is 5.65 Å². The third kappa shape index (κ3) is 6.11. The highest BCUT2D eigenvalue weighted by molar-refractivity contribution is 6.30. The number of nitrogens with zero attached hydrogens (tertiary/aromatic N) is 6. The minimum absolute atomic E-state index is 0.392. The molecule has 5 aromatic rings. The molecule has 0 radical (unpaired) electrons. The standard InChI is InChI=1S/C15H9ClN6O.C7H6F3N.C2H6/c16-10-3-1-9(2-4-10)11-7-19-22-14(20-21-15(22)23)13(11)12-8-17-5-6-18-12;1-5-2-3-6(11-4-5)7(8,9)10;1-2/h1-8H,(H,21,23);2-4H,1H3;1-2H3. The van der Waals surface area contributed by atoms with Crippen molar-refractivity contribution in [3.05, 3.63) is 94.1 Å². The van der Waals surface area contributed by atoms with Crippen LogP contribution in [0.25, 0.3) is 28.0 Å². The van der Waals surface area contributed by atoms with Crippen molar-refractivity contribution in [1.29, 1.82) is 0 Å². The summed E-state index contributed by atoms with van der Waals surface area (Å²) in [7, 11) is 0. The number of aromatic amines is 1. The summed E-state index contributed by atoms with van der Waals surface area (Å²) in [6.45, 7) is 5.69. The molecular weight excluding hydrogens is 495 g/mol. The van der Waals surface area contributed by atoms with E-state index in [0.717, 1.165) is 22.8 Å². The van der Waals surface area contributed by atoms with E-state index in [4.69, 9.17) is 11.6 Å². The molecule has 0 aliphatic carbocycles. The lowest BCUT2D eigenvalue weighted by Crippen LogP contribution is -2.12. The number of benzene rings is 1. The number of nitrogens with one attached hydrogen (secondary N) is 1. The highest BCUT2D eigenvalue weighted by atomic mass is 35.5. The van der Waals surface area contributed by atoms with Crippen LogP contribution in [0.3, 0.4) is 0 Å². The number of H-pyrrole nitrogens is 1. The molecule has 0 aliphatic rings. The van der Waals surface area contributed by atoms with Gasteiger partial charge in [-0.15, -0.1) is 0 Å². The maximum atomic E-state index is 11.9. The Labute approximate surface area is 208 Å². The molecule has 0 amide bonds. The second-order valence-electron chi connectivity index (χ2n) is 7.01. The predicted octanol–water partition coefficient (Wildman–Crippen LogP) is 5.63. The Morgan fingerprint density at radius 3 is 2.25 bits per heavy atom. The molecule has 0 fully saturated rings. The van der Waals surface area contributed by atoms with E-state index in [2.05, 4.69) is 30.2 Å². The average molecular weight is 516 g/mol. The summed E-state index contributed by atoms with van der Waals surface area (Å²) in [6.07, 6.45) is 3.27. The Bertz CT molecular complexity index is 1470. The largest absolute Gasteiger partial charge is 0.433 e. The van der Waals surface area contributed by atoms with Gasteiger partial charge in [0.1, 0.15) is 5.69 Å². The van der Waals surface area contributed by atoms with Crippen LogP contribution in [0, 0.1) is 6.92 Å². The van der Waals surface area contributed by atoms with Crippen LogP contribution in [0.4, 0.5) is 13.2 Å². The Morgan fingerprint density at radius 1 is 0.944 bits per heavy atom. The predicted molar refractivity (Wildman–Crippen MR) is 130 cm³/mol. The first-order valence-electron chi connectivity index (χ1n) is 10.7. The van der Waals surface area contributed by atoms with Crippen molar-refractivity contribution in [3.8, 4) is 22.4 Å². The lowest BCUT2D eigenvalue weighted by Gasteiger charge is -2.09. The molecule has 0 saturated heterocycles. The Balaban J connectivity index is 0.000000235. The van der Waals surface area contributed by atoms with Crippen LogP contribution in [-0.4, -0.2) is 34.8 Å². The van der Waals surface area contributed by atoms with Gasteiger partial charge in [-0.2, -0.15) is 27.9 Å². The van der Waals surface area contributed by atoms with Gasteiger partial charge in [0, 0.05) is 29.2 Å². The molecule has 1 aromatic carbocycles. The molecule has 4 aromatic heterocycles. The van der Waals surface area contributed by atoms with Gasteiger partial charge in [-0.05, 0) is 36.2 Å². The van der Waals surface area contributed by atoms with Crippen molar-refractivity contribution in [2.45, 2.75) is 26.9 Å². The fourth-order valence-electron chi connectivity index (χ4n) is 3.03. The van der Waals surface area contributed by atoms with E-state index in [9.17, 15) is 18.0 Å². The highest BCUT2D eigenvalue weighted by Gasteiger charge is 2.31. The molecule has 186 valence electrons. The van der Waals surface area contributed by atoms with Gasteiger partial charge in [0.25, 0.3) is 0 Å². The summed E-state index contributed by atoms with van der Waals surface area (Å²) in [5.41, 5.74) is 2.81. The highest BCUT2D eigenvalue weighted by Crippen LogP contribution is 2.32. The number of alkyl halides is 3. The van der Waals surface area contributed by atoms with Crippen LogP contribution in [0.1, 0.15) is 25.1 Å². The fraction of sp³-hybridized carbons (Fsp3) is 0.167. The van der Waals surface area contributed by atoms with Crippen molar-refractivity contribution in [3.63, 3.8) is 0 Å². The molecule has 5 rings (SSSR count). The number of hydrogen-bond donors (Lipinski definition) is 1. The van der Waals surface area contributed by atoms with Crippen LogP contribution >= 0.6 is 11.6 Å². The summed E-state index contributed by atoms with van der Waals surface area (Å²) in [4.78, 5) is 23.4. The number of hydrogen-bond acceptors (Lipinski definition) is 6. The third-order valence-electron chi connectivity index (χ3n) is 4.62. The summed E-state index contributed by atoms with van der Waals surface area (Å²) in [6, 6.07) is 9.68. The van der Waals surface area contributed by atoms with Gasteiger partial charge in [-0.25, -0.2) is 9.89 Å². The van der Waals surface area contributed by atoms with Gasteiger partial charge in [-0.1, -0.05) is 43.6 Å². The summed E-state index contributed by atoms with van der Waals surface area (Å²) < 4.78 is 36.8. The molecule has 0 aliphatic heterocycles. The lowest BCUT2D eigenvalue weighted by molar-refractivity contribution is -0.141. The van der Waals surface area contributed by atoms with Crippen molar-refractivity contribution in [2.24, 2.45) is 0 Å². The summed E-state index contributed by atoms with van der Waals surface area (Å²) >= 11 is 5.95. The van der Waals surface area contributed by atoms with Gasteiger partial charge in [-0.3, -0.25) is 15.0 Å². The monoisotopic (exact) mass is 515 g/mol. The van der Waals surface area contributed by atoms with Gasteiger partial charge in [0.2, 0.25) is 0 Å². The maximum absolute atomic E-state index is 11.9. The molecule has 1 N–H and O–H groups in total. The van der Waals surface area contributed by atoms with Gasteiger partial charge < -0.3 is 0 Å². The number of aromatic nitrogens is 7. The van der Waals surface area contributed by atoms with Crippen LogP contribution in [0.2, 0.25) is 5.02 Å². The molecule has 0 saturated carbocycles. The van der Waals surface area contributed by atoms with E-state index in [1.54, 1.807) is 43.8 Å². The molecule has 4 heterocycles. The molecule has 0 spiro atoms. The molecule has 0 unspecified atom stereocenters. The maximum Gasteiger partial charge on any atom is 0.433 e. The molecule has 0 bridgehead atoms. The Morgan fingerprint density at radius 2 is 1.67 bits per heavy atom. The van der Waals surface area contributed by atoms with E-state index >= 15 is 0 Å². The first-order valence-corrected chi connectivity index (χ1v) is 11.1. The lowest BCUT2D eigenvalue weighted by atomic mass is 10.0. The Hall–Kier alpha value is -4.12. The molecule has 36 heavy (non-hydrogen) atoms. The van der Waals surface area contributed by atoms with Crippen molar-refractivity contribution in [1.82, 2.24) is 34.8 Å². The van der Waals surface area contributed by atoms with Crippen LogP contribution in [0.5, 0.6) is 0 Å². The fourth-order valence-corrected chi connectivity index (χ4v) is 3.15. The molecule has 0 atom stereocenters. The topological polar surface area (TPSA) is 102 Å². The minimum atomic E-state index is -4.33. The summed E-state index contributed by atoms with van der Waals surface area (Å²) in [5.74, 6) is 0. The van der Waals surface area contributed by atoms with Crippen LogP contribution < -0.4 is 5.69 Å². The van der Waals surface area contributed by atoms with Crippen LogP contribution in [0.15, 0.2) is 72.2 Å². The number of rotatable bonds is 2. The quantitative estimate of drug-likeness (QED) is 0.327. The number of halogens is 4. The third-order valence-corrected chi connectivity index (χ3v) is 4.87. The zero-order valence-corrected chi connectivity index (χ0v) is 20.2. The Kier molecular flexibility index (Phi) is 8.49. The number of aryl methyl sites for hydroxylation is 1. The van der Waals surface area contributed by atoms with Crippen molar-refractivity contribution >= 4 is 17.2 Å². The minimum Gasteiger partial charge on any atom is -0.261 e. The molecule has 12 heteroatoms. The van der Waals surface area contributed by atoms with Crippen LogP contribution in [-0.2, 0) is 6.18 Å². The zero-order valence-electron chi connectivity index (χ0n) is 19.5. The number of pyridine rings is 1. The van der Waals surface area contributed by atoms with Gasteiger partial charge >= 0.3 is 11.9 Å². The first-order chi connectivity index (χ1) is 17.2. The zero-order chi connectivity index (χ0) is 26.3.